The fourth-order valence-electron chi connectivity index (χ4n) is 2.50. The molecular weight excluding hydrogens is 315 g/mol. The zero-order valence-electron chi connectivity index (χ0n) is 16.3. The highest BCUT2D eigenvalue weighted by molar-refractivity contribution is 5.72. The second kappa shape index (κ2) is 6.75. The number of nitrogens with zero attached hydrogens (tertiary/aromatic N) is 1. The van der Waals surface area contributed by atoms with E-state index >= 15 is 0 Å². The normalized spacial score (nSPS) is 12.5. The van der Waals surface area contributed by atoms with Crippen molar-refractivity contribution in [2.75, 3.05) is 0 Å². The van der Waals surface area contributed by atoms with Crippen LogP contribution in [0.1, 0.15) is 58.4 Å². The molecule has 0 saturated carbocycles. The van der Waals surface area contributed by atoms with Crippen molar-refractivity contribution < 1.29 is 9.50 Å². The van der Waals surface area contributed by atoms with Crippen LogP contribution >= 0.6 is 0 Å². The minimum atomic E-state index is -0.368. The van der Waals surface area contributed by atoms with Gasteiger partial charge in [0.1, 0.15) is 11.6 Å². The fourth-order valence-corrected chi connectivity index (χ4v) is 2.50. The molecule has 1 aromatic heterocycles. The van der Waals surface area contributed by atoms with Gasteiger partial charge in [-0.3, -0.25) is 4.98 Å². The van der Waals surface area contributed by atoms with Gasteiger partial charge in [-0.05, 0) is 50.8 Å². The van der Waals surface area contributed by atoms with Crippen LogP contribution in [0.5, 0.6) is 5.75 Å². The molecule has 0 radical (unpaired) electrons. The summed E-state index contributed by atoms with van der Waals surface area (Å²) in [5, 5.41) is 14.2. The van der Waals surface area contributed by atoms with Gasteiger partial charge >= 0.3 is 0 Å². The van der Waals surface area contributed by atoms with Gasteiger partial charge in [0.2, 0.25) is 0 Å². The van der Waals surface area contributed by atoms with Crippen LogP contribution in [-0.2, 0) is 12.0 Å². The predicted octanol–water partition coefficient (Wildman–Crippen LogP) is 5.09. The summed E-state index contributed by atoms with van der Waals surface area (Å²) in [6, 6.07) is 5.39. The molecule has 0 atom stereocenters. The first-order valence-electron chi connectivity index (χ1n) is 8.62. The van der Waals surface area contributed by atoms with E-state index in [2.05, 4.69) is 51.8 Å². The zero-order valence-corrected chi connectivity index (χ0v) is 16.3. The second-order valence-corrected chi connectivity index (χ2v) is 8.68. The molecule has 2 N–H and O–H groups in total. The molecule has 4 heteroatoms. The highest BCUT2D eigenvalue weighted by atomic mass is 19.1. The van der Waals surface area contributed by atoms with Crippen molar-refractivity contribution in [2.45, 2.75) is 66.0 Å². The first-order chi connectivity index (χ1) is 11.4. The van der Waals surface area contributed by atoms with Crippen LogP contribution in [0.15, 0.2) is 24.4 Å². The molecule has 0 bridgehead atoms. The third-order valence-electron chi connectivity index (χ3n) is 4.20. The minimum absolute atomic E-state index is 0.0676. The first-order valence-corrected chi connectivity index (χ1v) is 8.62. The monoisotopic (exact) mass is 344 g/mol. The van der Waals surface area contributed by atoms with Gasteiger partial charge in [0.15, 0.2) is 0 Å². The number of phenols is 1. The topological polar surface area (TPSA) is 45.2 Å². The highest BCUT2D eigenvalue weighted by Gasteiger charge is 2.21. The fraction of sp³-hybridized carbons (Fsp3) is 0.476. The number of aromatic nitrogens is 1. The molecule has 0 aliphatic carbocycles. The molecule has 136 valence electrons. The number of phenolic OH excluding ortho intramolecular Hbond substituents is 1. The summed E-state index contributed by atoms with van der Waals surface area (Å²) in [5.74, 6) is -0.192. The number of hydrogen-bond acceptors (Lipinski definition) is 3. The Hall–Kier alpha value is -1.94. The predicted molar refractivity (Wildman–Crippen MR) is 101 cm³/mol. The largest absolute Gasteiger partial charge is 0.507 e. The van der Waals surface area contributed by atoms with E-state index < -0.39 is 0 Å². The summed E-state index contributed by atoms with van der Waals surface area (Å²) in [6.45, 7) is 14.8. The molecule has 0 spiro atoms. The van der Waals surface area contributed by atoms with Crippen LogP contribution in [0, 0.1) is 12.7 Å². The number of hydrogen-bond donors (Lipinski definition) is 2. The van der Waals surface area contributed by atoms with E-state index in [-0.39, 0.29) is 22.5 Å². The van der Waals surface area contributed by atoms with Gasteiger partial charge in [0.05, 0.1) is 5.69 Å². The lowest BCUT2D eigenvalue weighted by Crippen LogP contribution is -2.35. The second-order valence-electron chi connectivity index (χ2n) is 8.68. The smallest absolute Gasteiger partial charge is 0.145 e. The molecule has 0 amide bonds. The van der Waals surface area contributed by atoms with Gasteiger partial charge in [-0.1, -0.05) is 26.8 Å². The van der Waals surface area contributed by atoms with E-state index in [0.717, 1.165) is 11.1 Å². The number of nitrogens with one attached hydrogen (secondary N) is 1. The molecule has 2 rings (SSSR count). The van der Waals surface area contributed by atoms with Crippen molar-refractivity contribution in [1.82, 2.24) is 10.3 Å². The molecule has 2 aromatic rings. The average molecular weight is 344 g/mol. The Morgan fingerprint density at radius 2 is 1.72 bits per heavy atom. The molecule has 0 aliphatic heterocycles. The summed E-state index contributed by atoms with van der Waals surface area (Å²) in [7, 11) is 0. The Balaban J connectivity index is 2.59. The lowest BCUT2D eigenvalue weighted by atomic mass is 9.83. The summed E-state index contributed by atoms with van der Waals surface area (Å²) >= 11 is 0. The number of pyridine rings is 1. The van der Waals surface area contributed by atoms with Crippen molar-refractivity contribution in [2.24, 2.45) is 0 Å². The lowest BCUT2D eigenvalue weighted by molar-refractivity contribution is 0.411. The molecule has 0 aliphatic rings. The van der Waals surface area contributed by atoms with Crippen LogP contribution in [0.25, 0.3) is 11.1 Å². The van der Waals surface area contributed by atoms with E-state index in [4.69, 9.17) is 0 Å². The Labute approximate surface area is 150 Å². The quantitative estimate of drug-likeness (QED) is 0.815. The standard InChI is InChI=1S/C21H29FN2O/c1-13-18(22)9-14(11-23-13)17-10-16(20(2,3)4)8-15(19(17)25)12-24-21(5,6)7/h8-11,24-25H,12H2,1-7H3. The summed E-state index contributed by atoms with van der Waals surface area (Å²) in [5.41, 5.74) is 3.29. The van der Waals surface area contributed by atoms with Crippen LogP contribution < -0.4 is 5.32 Å². The van der Waals surface area contributed by atoms with Gasteiger partial charge < -0.3 is 10.4 Å². The third kappa shape index (κ3) is 4.79. The maximum absolute atomic E-state index is 14.0. The maximum Gasteiger partial charge on any atom is 0.145 e. The maximum atomic E-state index is 14.0. The molecule has 1 aromatic carbocycles. The van der Waals surface area contributed by atoms with Crippen molar-refractivity contribution in [1.29, 1.82) is 0 Å². The molecule has 1 heterocycles. The first kappa shape index (κ1) is 19.4. The lowest BCUT2D eigenvalue weighted by Gasteiger charge is -2.25. The van der Waals surface area contributed by atoms with Crippen LogP contribution in [0.2, 0.25) is 0 Å². The van der Waals surface area contributed by atoms with Gasteiger partial charge in [-0.15, -0.1) is 0 Å². The van der Waals surface area contributed by atoms with E-state index in [1.807, 2.05) is 12.1 Å². The number of aryl methyl sites for hydroxylation is 1. The number of rotatable bonds is 3. The number of halogens is 1. The molecule has 25 heavy (non-hydrogen) atoms. The van der Waals surface area contributed by atoms with E-state index in [9.17, 15) is 9.50 Å². The molecule has 0 unspecified atom stereocenters. The third-order valence-corrected chi connectivity index (χ3v) is 4.20. The summed E-state index contributed by atoms with van der Waals surface area (Å²) < 4.78 is 14.0. The van der Waals surface area contributed by atoms with E-state index in [0.29, 0.717) is 23.4 Å². The van der Waals surface area contributed by atoms with Crippen LogP contribution in [-0.4, -0.2) is 15.6 Å². The summed E-state index contributed by atoms with van der Waals surface area (Å²) in [6.07, 6.45) is 1.61. The van der Waals surface area contributed by atoms with Crippen LogP contribution in [0.3, 0.4) is 0 Å². The Morgan fingerprint density at radius 1 is 1.08 bits per heavy atom. The Morgan fingerprint density at radius 3 is 2.24 bits per heavy atom. The minimum Gasteiger partial charge on any atom is -0.507 e. The number of aromatic hydroxyl groups is 1. The summed E-state index contributed by atoms with van der Waals surface area (Å²) in [4.78, 5) is 4.10. The molecule has 3 nitrogen and oxygen atoms in total. The SMILES string of the molecule is Cc1ncc(-c2cc(C(C)(C)C)cc(CNC(C)(C)C)c2O)cc1F. The van der Waals surface area contributed by atoms with Crippen molar-refractivity contribution >= 4 is 0 Å². The highest BCUT2D eigenvalue weighted by Crippen LogP contribution is 2.37. The van der Waals surface area contributed by atoms with Crippen molar-refractivity contribution in [3.8, 4) is 16.9 Å². The van der Waals surface area contributed by atoms with E-state index in [1.165, 1.54) is 6.07 Å². The number of benzene rings is 1. The van der Waals surface area contributed by atoms with E-state index in [1.54, 1.807) is 13.1 Å². The van der Waals surface area contributed by atoms with Crippen LogP contribution in [0.4, 0.5) is 4.39 Å². The van der Waals surface area contributed by atoms with Gasteiger partial charge in [-0.25, -0.2) is 4.39 Å². The molecular formula is C21H29FN2O. The Kier molecular flexibility index (Phi) is 5.24. The Bertz CT molecular complexity index is 771. The molecule has 0 fully saturated rings. The van der Waals surface area contributed by atoms with Gasteiger partial charge in [0.25, 0.3) is 0 Å². The van der Waals surface area contributed by atoms with Gasteiger partial charge in [0, 0.05) is 35.0 Å². The average Bonchev–Trinajstić information content (AvgIpc) is 2.47. The zero-order chi connectivity index (χ0) is 19.0. The van der Waals surface area contributed by atoms with Crippen molar-refractivity contribution in [3.05, 3.63) is 47.0 Å². The van der Waals surface area contributed by atoms with Crippen molar-refractivity contribution in [3.63, 3.8) is 0 Å². The van der Waals surface area contributed by atoms with Gasteiger partial charge in [-0.2, -0.15) is 0 Å². The molecule has 0 saturated heterocycles.